The van der Waals surface area contributed by atoms with E-state index >= 15 is 0 Å². The van der Waals surface area contributed by atoms with Crippen LogP contribution in [0.4, 0.5) is 5.69 Å². The molecule has 4 rings (SSSR count). The summed E-state index contributed by atoms with van der Waals surface area (Å²) in [6, 6.07) is 19.6. The van der Waals surface area contributed by atoms with E-state index in [-0.39, 0.29) is 5.91 Å². The summed E-state index contributed by atoms with van der Waals surface area (Å²) in [7, 11) is 0. The van der Waals surface area contributed by atoms with Crippen molar-refractivity contribution in [3.63, 3.8) is 0 Å². The zero-order valence-corrected chi connectivity index (χ0v) is 15.5. The van der Waals surface area contributed by atoms with Crippen LogP contribution in [-0.4, -0.2) is 17.5 Å². The van der Waals surface area contributed by atoms with Gasteiger partial charge in [0.15, 0.2) is 0 Å². The fraction of sp³-hybridized carbons (Fsp3) is 0.174. The Morgan fingerprint density at radius 1 is 1.00 bits per heavy atom. The summed E-state index contributed by atoms with van der Waals surface area (Å²) in [5, 5.41) is 5.36. The molecule has 1 amide bonds. The van der Waals surface area contributed by atoms with Crippen LogP contribution in [0.5, 0.6) is 5.75 Å². The highest BCUT2D eigenvalue weighted by atomic mass is 16.5. The average Bonchev–Trinajstić information content (AvgIpc) is 3.06. The highest BCUT2D eigenvalue weighted by molar-refractivity contribution is 6.10. The van der Waals surface area contributed by atoms with Gasteiger partial charge in [-0.15, -0.1) is 0 Å². The molecule has 0 saturated carbocycles. The van der Waals surface area contributed by atoms with E-state index in [1.807, 2.05) is 31.2 Å². The van der Waals surface area contributed by atoms with E-state index in [0.29, 0.717) is 17.9 Å². The Bertz CT molecular complexity index is 1130. The topological polar surface area (TPSA) is 54.1 Å². The Morgan fingerprint density at radius 3 is 2.67 bits per heavy atom. The van der Waals surface area contributed by atoms with Crippen molar-refractivity contribution in [3.05, 3.63) is 71.8 Å². The van der Waals surface area contributed by atoms with Gasteiger partial charge >= 0.3 is 0 Å². The van der Waals surface area contributed by atoms with E-state index < -0.39 is 0 Å². The lowest BCUT2D eigenvalue weighted by Gasteiger charge is -2.08. The van der Waals surface area contributed by atoms with Gasteiger partial charge in [0.05, 0.1) is 6.61 Å². The van der Waals surface area contributed by atoms with Gasteiger partial charge < -0.3 is 15.0 Å². The number of anilines is 1. The zero-order chi connectivity index (χ0) is 18.8. The van der Waals surface area contributed by atoms with Crippen molar-refractivity contribution in [1.29, 1.82) is 0 Å². The Kier molecular flexibility index (Phi) is 4.55. The number of benzene rings is 3. The number of rotatable bonds is 5. The Morgan fingerprint density at radius 2 is 1.85 bits per heavy atom. The van der Waals surface area contributed by atoms with Gasteiger partial charge in [0.1, 0.15) is 5.75 Å². The molecule has 27 heavy (non-hydrogen) atoms. The van der Waals surface area contributed by atoms with Crippen molar-refractivity contribution in [2.24, 2.45) is 0 Å². The molecule has 4 aromatic rings. The molecule has 0 aliphatic heterocycles. The van der Waals surface area contributed by atoms with E-state index in [4.69, 9.17) is 4.74 Å². The summed E-state index contributed by atoms with van der Waals surface area (Å²) in [5.74, 6) is 0.546. The number of H-pyrrole nitrogens is 1. The molecule has 0 bridgehead atoms. The van der Waals surface area contributed by atoms with Crippen molar-refractivity contribution >= 4 is 33.4 Å². The molecule has 0 unspecified atom stereocenters. The highest BCUT2D eigenvalue weighted by Crippen LogP contribution is 2.30. The van der Waals surface area contributed by atoms with Crippen LogP contribution in [0.15, 0.2) is 60.7 Å². The SMILES string of the molecule is CCOc1cccc(C(=O)Nc2ccc3c(c2)[nH]c2c(CC)cccc23)c1. The number of carbonyl (C=O) groups is 1. The monoisotopic (exact) mass is 358 g/mol. The van der Waals surface area contributed by atoms with Crippen molar-refractivity contribution < 1.29 is 9.53 Å². The Labute approximate surface area is 158 Å². The molecular weight excluding hydrogens is 336 g/mol. The first-order chi connectivity index (χ1) is 13.2. The number of hydrogen-bond donors (Lipinski definition) is 2. The number of carbonyl (C=O) groups excluding carboxylic acids is 1. The Balaban J connectivity index is 1.65. The standard InChI is InChI=1S/C23H22N2O2/c1-3-15-7-6-10-20-19-12-11-17(14-21(19)25-22(15)20)24-23(26)16-8-5-9-18(13-16)27-4-2/h5-14,25H,3-4H2,1-2H3,(H,24,26). The molecule has 0 radical (unpaired) electrons. The van der Waals surface area contributed by atoms with Gasteiger partial charge in [-0.3, -0.25) is 4.79 Å². The van der Waals surface area contributed by atoms with Gasteiger partial charge in [0.2, 0.25) is 0 Å². The molecule has 0 aliphatic rings. The minimum absolute atomic E-state index is 0.152. The maximum absolute atomic E-state index is 12.6. The molecule has 0 atom stereocenters. The van der Waals surface area contributed by atoms with Crippen LogP contribution in [0.3, 0.4) is 0 Å². The third-order valence-electron chi connectivity index (χ3n) is 4.77. The summed E-state index contributed by atoms with van der Waals surface area (Å²) in [6.45, 7) is 4.65. The molecule has 3 aromatic carbocycles. The van der Waals surface area contributed by atoms with Gasteiger partial charge in [-0.1, -0.05) is 37.3 Å². The van der Waals surface area contributed by atoms with Gasteiger partial charge in [-0.05, 0) is 49.2 Å². The zero-order valence-electron chi connectivity index (χ0n) is 15.5. The first-order valence-electron chi connectivity index (χ1n) is 9.27. The lowest BCUT2D eigenvalue weighted by atomic mass is 10.1. The van der Waals surface area contributed by atoms with Gasteiger partial charge in [0.25, 0.3) is 5.91 Å². The number of fused-ring (bicyclic) bond motifs is 3. The number of aromatic nitrogens is 1. The lowest BCUT2D eigenvalue weighted by molar-refractivity contribution is 0.102. The summed E-state index contributed by atoms with van der Waals surface area (Å²) in [6.07, 6.45) is 0.976. The van der Waals surface area contributed by atoms with Crippen molar-refractivity contribution in [2.75, 3.05) is 11.9 Å². The molecule has 0 fully saturated rings. The van der Waals surface area contributed by atoms with E-state index in [0.717, 1.165) is 23.0 Å². The van der Waals surface area contributed by atoms with Gasteiger partial charge in [-0.2, -0.15) is 0 Å². The summed E-state index contributed by atoms with van der Waals surface area (Å²) >= 11 is 0. The summed E-state index contributed by atoms with van der Waals surface area (Å²) in [4.78, 5) is 16.1. The number of hydrogen-bond acceptors (Lipinski definition) is 2. The molecule has 0 spiro atoms. The molecule has 0 aliphatic carbocycles. The number of para-hydroxylation sites is 1. The predicted octanol–water partition coefficient (Wildman–Crippen LogP) is 5.53. The Hall–Kier alpha value is -3.27. The van der Waals surface area contributed by atoms with Crippen molar-refractivity contribution in [2.45, 2.75) is 20.3 Å². The van der Waals surface area contributed by atoms with Crippen molar-refractivity contribution in [1.82, 2.24) is 4.98 Å². The maximum Gasteiger partial charge on any atom is 0.255 e. The normalized spacial score (nSPS) is 11.0. The van der Waals surface area contributed by atoms with Crippen LogP contribution in [0, 0.1) is 0 Å². The van der Waals surface area contributed by atoms with Gasteiger partial charge in [-0.25, -0.2) is 0 Å². The second-order valence-electron chi connectivity index (χ2n) is 6.49. The van der Waals surface area contributed by atoms with Crippen LogP contribution in [0.1, 0.15) is 29.8 Å². The van der Waals surface area contributed by atoms with E-state index in [9.17, 15) is 4.79 Å². The maximum atomic E-state index is 12.6. The van der Waals surface area contributed by atoms with Crippen molar-refractivity contribution in [3.8, 4) is 5.75 Å². The highest BCUT2D eigenvalue weighted by Gasteiger charge is 2.10. The predicted molar refractivity (Wildman–Crippen MR) is 111 cm³/mol. The molecule has 1 aromatic heterocycles. The quantitative estimate of drug-likeness (QED) is 0.492. The molecule has 136 valence electrons. The molecule has 0 saturated heterocycles. The minimum Gasteiger partial charge on any atom is -0.494 e. The van der Waals surface area contributed by atoms with Crippen LogP contribution in [-0.2, 0) is 6.42 Å². The second kappa shape index (κ2) is 7.16. The molecule has 4 nitrogen and oxygen atoms in total. The lowest BCUT2D eigenvalue weighted by Crippen LogP contribution is -2.11. The molecule has 4 heteroatoms. The first-order valence-corrected chi connectivity index (χ1v) is 9.27. The van der Waals surface area contributed by atoms with E-state index in [2.05, 4.69) is 41.5 Å². The van der Waals surface area contributed by atoms with Crippen LogP contribution < -0.4 is 10.1 Å². The van der Waals surface area contributed by atoms with E-state index in [1.165, 1.54) is 16.5 Å². The van der Waals surface area contributed by atoms with Crippen LogP contribution in [0.25, 0.3) is 21.8 Å². The fourth-order valence-corrected chi connectivity index (χ4v) is 3.46. The average molecular weight is 358 g/mol. The van der Waals surface area contributed by atoms with E-state index in [1.54, 1.807) is 12.1 Å². The second-order valence-corrected chi connectivity index (χ2v) is 6.49. The number of aromatic amines is 1. The summed E-state index contributed by atoms with van der Waals surface area (Å²) in [5.41, 5.74) is 4.82. The molecule has 2 N–H and O–H groups in total. The third kappa shape index (κ3) is 3.26. The number of aryl methyl sites for hydroxylation is 1. The largest absolute Gasteiger partial charge is 0.494 e. The fourth-order valence-electron chi connectivity index (χ4n) is 3.46. The minimum atomic E-state index is -0.152. The van der Waals surface area contributed by atoms with Gasteiger partial charge in [0, 0.05) is 33.1 Å². The number of nitrogens with one attached hydrogen (secondary N) is 2. The number of ether oxygens (including phenoxy) is 1. The van der Waals surface area contributed by atoms with Crippen LogP contribution in [0.2, 0.25) is 0 Å². The molecule has 1 heterocycles. The molecular formula is C23H22N2O2. The third-order valence-corrected chi connectivity index (χ3v) is 4.77. The number of amides is 1. The van der Waals surface area contributed by atoms with Crippen LogP contribution >= 0.6 is 0 Å². The smallest absolute Gasteiger partial charge is 0.255 e. The summed E-state index contributed by atoms with van der Waals surface area (Å²) < 4.78 is 5.48. The first kappa shape index (κ1) is 17.2.